The summed E-state index contributed by atoms with van der Waals surface area (Å²) in [6.45, 7) is 1.17. The number of halogens is 3. The molecular weight excluding hydrogens is 279 g/mol. The van der Waals surface area contributed by atoms with Crippen LogP contribution in [0.2, 0.25) is 0 Å². The van der Waals surface area contributed by atoms with Gasteiger partial charge >= 0.3 is 5.97 Å². The minimum atomic E-state index is -1.79. The van der Waals surface area contributed by atoms with Crippen molar-refractivity contribution >= 4 is 11.9 Å². The predicted molar refractivity (Wildman–Crippen MR) is 61.6 cm³/mol. The van der Waals surface area contributed by atoms with Crippen LogP contribution in [0.25, 0.3) is 0 Å². The Labute approximate surface area is 112 Å². The second kappa shape index (κ2) is 6.27. The number of nitrogens with zero attached hydrogens (tertiary/aromatic N) is 1. The first-order valence-corrected chi connectivity index (χ1v) is 5.57. The van der Waals surface area contributed by atoms with E-state index in [9.17, 15) is 22.8 Å². The van der Waals surface area contributed by atoms with Crippen LogP contribution in [-0.4, -0.2) is 42.1 Å². The molecule has 8 heteroatoms. The van der Waals surface area contributed by atoms with Gasteiger partial charge in [-0.2, -0.15) is 4.39 Å². The molecule has 0 bridgehead atoms. The fourth-order valence-electron chi connectivity index (χ4n) is 1.42. The number of esters is 1. The smallest absolute Gasteiger partial charge is 0.325 e. The highest BCUT2D eigenvalue weighted by molar-refractivity contribution is 5.96. The third kappa shape index (κ3) is 3.19. The Morgan fingerprint density at radius 1 is 1.30 bits per heavy atom. The maximum atomic E-state index is 13.5. The molecule has 1 aromatic rings. The van der Waals surface area contributed by atoms with Crippen molar-refractivity contribution in [2.45, 2.75) is 6.92 Å². The van der Waals surface area contributed by atoms with Crippen molar-refractivity contribution in [1.29, 1.82) is 0 Å². The summed E-state index contributed by atoms with van der Waals surface area (Å²) in [5.74, 6) is -8.37. The van der Waals surface area contributed by atoms with E-state index in [4.69, 9.17) is 5.11 Å². The second-order valence-corrected chi connectivity index (χ2v) is 3.85. The van der Waals surface area contributed by atoms with Crippen LogP contribution in [0.5, 0.6) is 5.75 Å². The third-order valence-electron chi connectivity index (χ3n) is 2.38. The van der Waals surface area contributed by atoms with E-state index < -0.39 is 47.2 Å². The van der Waals surface area contributed by atoms with Gasteiger partial charge in [-0.25, -0.2) is 8.78 Å². The highest BCUT2D eigenvalue weighted by Gasteiger charge is 2.25. The molecule has 0 fully saturated rings. The Kier molecular flexibility index (Phi) is 4.95. The highest BCUT2D eigenvalue weighted by Crippen LogP contribution is 2.26. The minimum absolute atomic E-state index is 0.0984. The Bertz CT molecular complexity index is 548. The average Bonchev–Trinajstić information content (AvgIpc) is 2.39. The number of phenolic OH excluding ortho intramolecular Hbond substituents is 1. The fourth-order valence-corrected chi connectivity index (χ4v) is 1.42. The number of amides is 1. The molecule has 0 saturated heterocycles. The summed E-state index contributed by atoms with van der Waals surface area (Å²) < 4.78 is 44.0. The Balaban J connectivity index is 3.01. The average molecular weight is 291 g/mol. The van der Waals surface area contributed by atoms with Crippen molar-refractivity contribution < 1.29 is 32.6 Å². The van der Waals surface area contributed by atoms with E-state index in [-0.39, 0.29) is 6.61 Å². The van der Waals surface area contributed by atoms with Gasteiger partial charge in [0, 0.05) is 7.05 Å². The molecular formula is C12H12F3NO4. The van der Waals surface area contributed by atoms with E-state index in [0.717, 1.165) is 11.9 Å². The summed E-state index contributed by atoms with van der Waals surface area (Å²) >= 11 is 0. The van der Waals surface area contributed by atoms with E-state index >= 15 is 0 Å². The van der Waals surface area contributed by atoms with E-state index in [1.807, 2.05) is 0 Å². The molecule has 110 valence electrons. The molecule has 0 saturated carbocycles. The number of hydrogen-bond acceptors (Lipinski definition) is 4. The number of carbonyl (C=O) groups is 2. The molecule has 0 aliphatic carbocycles. The first kappa shape index (κ1) is 15.8. The molecule has 1 N–H and O–H groups in total. The van der Waals surface area contributed by atoms with Gasteiger partial charge in [0.25, 0.3) is 5.91 Å². The summed E-state index contributed by atoms with van der Waals surface area (Å²) in [7, 11) is 1.15. The Morgan fingerprint density at radius 3 is 2.45 bits per heavy atom. The summed E-state index contributed by atoms with van der Waals surface area (Å²) in [5.41, 5.74) is -0.881. The number of aromatic hydroxyl groups is 1. The quantitative estimate of drug-likeness (QED) is 0.673. The van der Waals surface area contributed by atoms with Crippen LogP contribution in [-0.2, 0) is 9.53 Å². The van der Waals surface area contributed by atoms with Gasteiger partial charge in [0.2, 0.25) is 5.82 Å². The molecule has 0 aliphatic heterocycles. The fraction of sp³-hybridized carbons (Fsp3) is 0.333. The highest BCUT2D eigenvalue weighted by atomic mass is 19.2. The molecule has 0 unspecified atom stereocenters. The lowest BCUT2D eigenvalue weighted by molar-refractivity contribution is -0.143. The summed E-state index contributed by atoms with van der Waals surface area (Å²) in [6.07, 6.45) is 0. The van der Waals surface area contributed by atoms with Crippen LogP contribution in [0.4, 0.5) is 13.2 Å². The largest absolute Gasteiger partial charge is 0.503 e. The molecule has 0 radical (unpaired) electrons. The molecule has 1 amide bonds. The van der Waals surface area contributed by atoms with Crippen molar-refractivity contribution in [2.24, 2.45) is 0 Å². The summed E-state index contributed by atoms with van der Waals surface area (Å²) in [6, 6.07) is 0.314. The van der Waals surface area contributed by atoms with Gasteiger partial charge in [-0.05, 0) is 13.0 Å². The van der Waals surface area contributed by atoms with Gasteiger partial charge in [0.15, 0.2) is 17.4 Å². The number of carbonyl (C=O) groups excluding carboxylic acids is 2. The van der Waals surface area contributed by atoms with E-state index in [1.165, 1.54) is 0 Å². The lowest BCUT2D eigenvalue weighted by Gasteiger charge is -2.17. The number of rotatable bonds is 4. The molecule has 0 heterocycles. The first-order chi connectivity index (χ1) is 9.29. The van der Waals surface area contributed by atoms with Crippen LogP contribution in [0, 0.1) is 17.5 Å². The van der Waals surface area contributed by atoms with Crippen molar-refractivity contribution in [1.82, 2.24) is 4.90 Å². The van der Waals surface area contributed by atoms with Gasteiger partial charge in [0.1, 0.15) is 6.54 Å². The van der Waals surface area contributed by atoms with E-state index in [1.54, 1.807) is 6.92 Å². The minimum Gasteiger partial charge on any atom is -0.503 e. The summed E-state index contributed by atoms with van der Waals surface area (Å²) in [4.78, 5) is 23.7. The maximum absolute atomic E-state index is 13.5. The zero-order valence-corrected chi connectivity index (χ0v) is 10.7. The molecule has 0 atom stereocenters. The molecule has 0 aliphatic rings. The van der Waals surface area contributed by atoms with Gasteiger partial charge in [-0.15, -0.1) is 0 Å². The standard InChI is InChI=1S/C12H12F3NO4/c1-3-20-8(17)5-16(2)12(19)6-4-7(13)10(15)11(18)9(6)14/h4,18H,3,5H2,1-2H3. The van der Waals surface area contributed by atoms with Gasteiger partial charge < -0.3 is 14.7 Å². The monoisotopic (exact) mass is 291 g/mol. The Hall–Kier alpha value is -2.25. The molecule has 5 nitrogen and oxygen atoms in total. The third-order valence-corrected chi connectivity index (χ3v) is 2.38. The SMILES string of the molecule is CCOC(=O)CN(C)C(=O)c1cc(F)c(F)c(O)c1F. The van der Waals surface area contributed by atoms with E-state index in [2.05, 4.69) is 4.74 Å². The molecule has 0 spiro atoms. The lowest BCUT2D eigenvalue weighted by Crippen LogP contribution is -2.33. The van der Waals surface area contributed by atoms with Crippen LogP contribution in [0.1, 0.15) is 17.3 Å². The first-order valence-electron chi connectivity index (χ1n) is 5.57. The van der Waals surface area contributed by atoms with Crippen molar-refractivity contribution in [3.63, 3.8) is 0 Å². The molecule has 20 heavy (non-hydrogen) atoms. The maximum Gasteiger partial charge on any atom is 0.325 e. The van der Waals surface area contributed by atoms with Crippen molar-refractivity contribution in [3.05, 3.63) is 29.1 Å². The number of benzene rings is 1. The zero-order chi connectivity index (χ0) is 15.4. The van der Waals surface area contributed by atoms with Gasteiger partial charge in [0.05, 0.1) is 12.2 Å². The van der Waals surface area contributed by atoms with Crippen LogP contribution < -0.4 is 0 Å². The number of likely N-dealkylation sites (N-methyl/N-ethyl adjacent to an activating group) is 1. The summed E-state index contributed by atoms with van der Waals surface area (Å²) in [5, 5.41) is 9.01. The van der Waals surface area contributed by atoms with Crippen molar-refractivity contribution in [3.8, 4) is 5.75 Å². The van der Waals surface area contributed by atoms with Gasteiger partial charge in [-0.3, -0.25) is 9.59 Å². The number of phenols is 1. The topological polar surface area (TPSA) is 66.8 Å². The van der Waals surface area contributed by atoms with Crippen LogP contribution >= 0.6 is 0 Å². The van der Waals surface area contributed by atoms with Crippen molar-refractivity contribution in [2.75, 3.05) is 20.2 Å². The molecule has 1 rings (SSSR count). The zero-order valence-electron chi connectivity index (χ0n) is 10.7. The number of ether oxygens (including phenoxy) is 1. The van der Waals surface area contributed by atoms with Crippen LogP contribution in [0.3, 0.4) is 0 Å². The predicted octanol–water partition coefficient (Wildman–Crippen LogP) is 1.44. The molecule has 0 aromatic heterocycles. The molecule has 1 aromatic carbocycles. The Morgan fingerprint density at radius 2 is 1.90 bits per heavy atom. The van der Waals surface area contributed by atoms with Gasteiger partial charge in [-0.1, -0.05) is 0 Å². The normalized spacial score (nSPS) is 10.2. The second-order valence-electron chi connectivity index (χ2n) is 3.85. The number of hydrogen-bond donors (Lipinski definition) is 1. The van der Waals surface area contributed by atoms with Crippen LogP contribution in [0.15, 0.2) is 6.07 Å². The lowest BCUT2D eigenvalue weighted by atomic mass is 10.1. The van der Waals surface area contributed by atoms with E-state index in [0.29, 0.717) is 6.07 Å².